The Bertz CT molecular complexity index is 2030. The Morgan fingerprint density at radius 1 is 1.07 bits per heavy atom. The molecule has 2 atom stereocenters. The number of alkyl halides is 7. The quantitative estimate of drug-likeness (QED) is 0.0602. The molecule has 0 radical (unpaired) electrons. The van der Waals surface area contributed by atoms with Crippen molar-refractivity contribution in [1.82, 2.24) is 34.8 Å². The Kier molecular flexibility index (Phi) is 11.6. The number of halogens is 8. The Morgan fingerprint density at radius 2 is 1.75 bits per heavy atom. The molecule has 1 saturated carbocycles. The number of guanidine groups is 1. The van der Waals surface area contributed by atoms with Gasteiger partial charge in [-0.2, -0.15) is 32.1 Å². The van der Waals surface area contributed by atoms with Gasteiger partial charge in [0, 0.05) is 11.8 Å². The van der Waals surface area contributed by atoms with Crippen LogP contribution in [0.3, 0.4) is 0 Å². The van der Waals surface area contributed by atoms with Crippen molar-refractivity contribution in [2.75, 3.05) is 6.61 Å². The van der Waals surface area contributed by atoms with E-state index in [9.17, 15) is 40.3 Å². The van der Waals surface area contributed by atoms with Crippen LogP contribution < -0.4 is 11.1 Å². The lowest BCUT2D eigenvalue weighted by Gasteiger charge is -2.35. The third-order valence-electron chi connectivity index (χ3n) is 8.95. The Labute approximate surface area is 315 Å². The summed E-state index contributed by atoms with van der Waals surface area (Å²) < 4.78 is 101. The first-order valence-corrected chi connectivity index (χ1v) is 17.1. The molecule has 2 heterocycles. The lowest BCUT2D eigenvalue weighted by atomic mass is 9.77. The summed E-state index contributed by atoms with van der Waals surface area (Å²) in [5, 5.41) is 9.29. The fraction of sp³-hybridized carbons (Fsp3) is 0.429. The maximum absolute atomic E-state index is 13.8. The Hall–Kier alpha value is -5.20. The molecule has 4 aromatic rings. The molecule has 0 aliphatic heterocycles. The van der Waals surface area contributed by atoms with Gasteiger partial charge in [-0.25, -0.2) is 32.9 Å². The molecule has 5 rings (SSSR count). The molecule has 12 nitrogen and oxygen atoms in total. The summed E-state index contributed by atoms with van der Waals surface area (Å²) in [6.07, 6.45) is -5.96. The van der Waals surface area contributed by atoms with Crippen molar-refractivity contribution in [1.29, 1.82) is 0 Å². The van der Waals surface area contributed by atoms with E-state index in [0.29, 0.717) is 27.8 Å². The van der Waals surface area contributed by atoms with Crippen molar-refractivity contribution in [2.45, 2.75) is 83.2 Å². The normalized spacial score (nSPS) is 16.1. The van der Waals surface area contributed by atoms with Crippen LogP contribution in [0.1, 0.15) is 82.9 Å². The van der Waals surface area contributed by atoms with Gasteiger partial charge < -0.3 is 15.8 Å². The predicted molar refractivity (Wildman–Crippen MR) is 186 cm³/mol. The molecule has 2 aromatic carbocycles. The average Bonchev–Trinajstić information content (AvgIpc) is 3.47. The van der Waals surface area contributed by atoms with Crippen LogP contribution in [0.2, 0.25) is 5.02 Å². The number of carbonyl (C=O) groups excluding carboxylic acids is 2. The summed E-state index contributed by atoms with van der Waals surface area (Å²) in [4.78, 5) is 34.9. The number of nitrogens with zero attached hydrogens (tertiary/aromatic N) is 7. The summed E-state index contributed by atoms with van der Waals surface area (Å²) in [5.74, 6) is -1.16. The number of hydrogen-bond acceptors (Lipinski definition) is 7. The second-order valence-corrected chi connectivity index (χ2v) is 14.8. The first-order valence-electron chi connectivity index (χ1n) is 16.7. The number of benzene rings is 2. The number of hydrogen-bond donors (Lipinski definition) is 2. The van der Waals surface area contributed by atoms with Crippen LogP contribution in [0.5, 0.6) is 0 Å². The Morgan fingerprint density at radius 3 is 2.29 bits per heavy atom. The summed E-state index contributed by atoms with van der Waals surface area (Å²) in [6, 6.07) is 9.34. The van der Waals surface area contributed by atoms with E-state index in [1.807, 2.05) is 26.1 Å². The zero-order chi connectivity index (χ0) is 40.5. The number of alkyl carbamates (subject to hydrolysis) is 1. The first kappa shape index (κ1) is 41.0. The number of nitrogens with one attached hydrogen (secondary N) is 1. The topological polar surface area (TPSA) is 146 Å². The number of carbonyl (C=O) groups is 2. The van der Waals surface area contributed by atoms with Crippen LogP contribution in [0, 0.1) is 5.41 Å². The maximum atomic E-state index is 13.8. The van der Waals surface area contributed by atoms with Crippen molar-refractivity contribution in [3.05, 3.63) is 83.2 Å². The monoisotopic (exact) mass is 799 g/mol. The predicted octanol–water partition coefficient (Wildman–Crippen LogP) is 8.10. The van der Waals surface area contributed by atoms with Gasteiger partial charge in [-0.05, 0) is 60.4 Å². The zero-order valence-corrected chi connectivity index (χ0v) is 30.6. The number of amides is 2. The molecule has 55 heavy (non-hydrogen) atoms. The molecule has 1 fully saturated rings. The summed E-state index contributed by atoms with van der Waals surface area (Å²) >= 11 is 6.37. The number of nitrogens with two attached hydrogens (primary N) is 1. The largest absolute Gasteiger partial charge is 0.447 e. The van der Waals surface area contributed by atoms with Crippen molar-refractivity contribution in [3.63, 3.8) is 0 Å². The number of aromatic nitrogens is 5. The van der Waals surface area contributed by atoms with Gasteiger partial charge in [0.15, 0.2) is 11.8 Å². The summed E-state index contributed by atoms with van der Waals surface area (Å²) in [7, 11) is 0. The lowest BCUT2D eigenvalue weighted by Crippen LogP contribution is -2.49. The minimum absolute atomic E-state index is 0.0588. The highest BCUT2D eigenvalue weighted by Gasteiger charge is 2.64. The van der Waals surface area contributed by atoms with E-state index < -0.39 is 66.2 Å². The fourth-order valence-electron chi connectivity index (χ4n) is 6.26. The number of ether oxygens (including phenoxy) is 1. The smallest absolute Gasteiger partial charge is 0.411 e. The van der Waals surface area contributed by atoms with E-state index in [4.69, 9.17) is 27.1 Å². The van der Waals surface area contributed by atoms with Crippen molar-refractivity contribution >= 4 is 30.1 Å². The molecule has 296 valence electrons. The second kappa shape index (κ2) is 15.5. The van der Waals surface area contributed by atoms with Gasteiger partial charge in [0.1, 0.15) is 18.5 Å². The molecule has 0 spiro atoms. The van der Waals surface area contributed by atoms with Crippen LogP contribution in [0.15, 0.2) is 66.2 Å². The van der Waals surface area contributed by atoms with E-state index in [-0.39, 0.29) is 35.5 Å². The first-order chi connectivity index (χ1) is 25.7. The van der Waals surface area contributed by atoms with Crippen molar-refractivity contribution < 1.29 is 45.1 Å². The third kappa shape index (κ3) is 9.20. The lowest BCUT2D eigenvalue weighted by molar-refractivity contribution is -0.164. The zero-order valence-electron chi connectivity index (χ0n) is 29.9. The number of rotatable bonds is 13. The van der Waals surface area contributed by atoms with Gasteiger partial charge >= 0.3 is 18.8 Å². The second-order valence-electron chi connectivity index (χ2n) is 14.4. The van der Waals surface area contributed by atoms with E-state index in [1.54, 1.807) is 31.2 Å². The SMILES string of the molecule is CC(C)(C)CC(C)(N=C(N)N(C=O)[C@H](COC(=O)NC1(C(F)(F)F)CC1)c1ccc(Cl)c(-n2ncnc2C(F)F)c1)c1ccc(-c2cnn(C(F)F)c2)cc1. The standard InChI is InChI=1S/C35H37ClF7N9O3/c1-32(2,3)17-33(4,23-8-5-20(6-9-23)22-14-46-51(15-22)29(39)40)48-30(44)50(19-53)26(16-55-31(54)49-34(11-12-34)35(41,42)43)21-7-10-24(36)25(13-21)52-28(27(37)38)45-18-47-52/h5-10,13-15,18-19,26-27,29H,11-12,16-17H2,1-4H3,(H2,44,48)(H,49,54)/t26-,33?/m1/s1. The van der Waals surface area contributed by atoms with Crippen LogP contribution >= 0.6 is 11.6 Å². The van der Waals surface area contributed by atoms with E-state index in [2.05, 4.69) is 15.2 Å². The van der Waals surface area contributed by atoms with E-state index in [1.165, 1.54) is 30.6 Å². The highest BCUT2D eigenvalue weighted by molar-refractivity contribution is 6.32. The van der Waals surface area contributed by atoms with Gasteiger partial charge in [-0.3, -0.25) is 9.69 Å². The molecule has 0 bridgehead atoms. The van der Waals surface area contributed by atoms with Crippen LogP contribution in [-0.4, -0.2) is 66.2 Å². The van der Waals surface area contributed by atoms with Crippen LogP contribution in [0.4, 0.5) is 35.5 Å². The van der Waals surface area contributed by atoms with Gasteiger partial charge in [0.05, 0.1) is 28.5 Å². The molecule has 20 heteroatoms. The molecule has 1 aliphatic carbocycles. The Balaban J connectivity index is 1.54. The molecule has 2 amide bonds. The molecule has 2 aromatic heterocycles. The fourth-order valence-corrected chi connectivity index (χ4v) is 6.46. The van der Waals surface area contributed by atoms with Gasteiger partial charge in [0.2, 0.25) is 6.41 Å². The van der Waals surface area contributed by atoms with Crippen LogP contribution in [-0.2, 0) is 15.1 Å². The maximum Gasteiger partial charge on any atom is 0.411 e. The highest BCUT2D eigenvalue weighted by atomic mass is 35.5. The van der Waals surface area contributed by atoms with E-state index >= 15 is 0 Å². The average molecular weight is 800 g/mol. The van der Waals surface area contributed by atoms with Gasteiger partial charge in [0.25, 0.3) is 6.43 Å². The highest BCUT2D eigenvalue weighted by Crippen LogP contribution is 2.49. The summed E-state index contributed by atoms with van der Waals surface area (Å²) in [5.41, 5.74) is 4.16. The summed E-state index contributed by atoms with van der Waals surface area (Å²) in [6.45, 7) is 3.98. The molecular formula is C35H37ClF7N9O3. The minimum Gasteiger partial charge on any atom is -0.447 e. The van der Waals surface area contributed by atoms with Crippen molar-refractivity contribution in [2.24, 2.45) is 16.1 Å². The van der Waals surface area contributed by atoms with Gasteiger partial charge in [-0.15, -0.1) is 0 Å². The van der Waals surface area contributed by atoms with Crippen molar-refractivity contribution in [3.8, 4) is 16.8 Å². The molecule has 1 aliphatic rings. The molecule has 3 N–H and O–H groups in total. The third-order valence-corrected chi connectivity index (χ3v) is 9.27. The van der Waals surface area contributed by atoms with E-state index in [0.717, 1.165) is 15.9 Å². The number of aliphatic imine (C=N–C) groups is 1. The minimum atomic E-state index is -4.74. The molecular weight excluding hydrogens is 763 g/mol. The molecule has 0 saturated heterocycles. The van der Waals surface area contributed by atoms with Crippen LogP contribution in [0.25, 0.3) is 16.8 Å². The molecule has 1 unspecified atom stereocenters. The van der Waals surface area contributed by atoms with Gasteiger partial charge in [-0.1, -0.05) is 62.7 Å².